The summed E-state index contributed by atoms with van der Waals surface area (Å²) in [5.41, 5.74) is 1.14. The lowest BCUT2D eigenvalue weighted by atomic mass is 9.83. The highest BCUT2D eigenvalue weighted by Crippen LogP contribution is 2.40. The van der Waals surface area contributed by atoms with Crippen molar-refractivity contribution in [2.75, 3.05) is 13.1 Å². The molecule has 0 spiro atoms. The minimum atomic E-state index is -4.15. The summed E-state index contributed by atoms with van der Waals surface area (Å²) in [6, 6.07) is 21.7. The van der Waals surface area contributed by atoms with Gasteiger partial charge in [0.1, 0.15) is 0 Å². The van der Waals surface area contributed by atoms with Crippen molar-refractivity contribution in [3.63, 3.8) is 0 Å². The Balaban J connectivity index is 1.52. The van der Waals surface area contributed by atoms with Gasteiger partial charge in [0.2, 0.25) is 15.9 Å². The predicted molar refractivity (Wildman–Crippen MR) is 169 cm³/mol. The molecule has 0 bridgehead atoms. The minimum Gasteiger partial charge on any atom is -0.481 e. The molecule has 5 rings (SSSR count). The molecule has 12 nitrogen and oxygen atoms in total. The van der Waals surface area contributed by atoms with Gasteiger partial charge in [-0.05, 0) is 35.4 Å². The topological polar surface area (TPSA) is 167 Å². The van der Waals surface area contributed by atoms with Crippen LogP contribution in [0.15, 0.2) is 84.9 Å². The third-order valence-electron chi connectivity index (χ3n) is 8.67. The molecule has 1 aliphatic carbocycles. The van der Waals surface area contributed by atoms with Crippen LogP contribution >= 0.6 is 0 Å². The molecule has 3 atom stereocenters. The van der Waals surface area contributed by atoms with Crippen LogP contribution in [0.25, 0.3) is 0 Å². The number of amides is 2. The Morgan fingerprint density at radius 1 is 0.913 bits per heavy atom. The molecule has 3 unspecified atom stereocenters. The summed E-state index contributed by atoms with van der Waals surface area (Å²) in [6.45, 7) is -0.174. The molecule has 1 heterocycles. The van der Waals surface area contributed by atoms with Crippen LogP contribution in [-0.4, -0.2) is 64.7 Å². The zero-order chi connectivity index (χ0) is 32.8. The molecule has 2 aliphatic rings. The van der Waals surface area contributed by atoms with Gasteiger partial charge in [-0.15, -0.1) is 0 Å². The Kier molecular flexibility index (Phi) is 10.1. The summed E-state index contributed by atoms with van der Waals surface area (Å²) >= 11 is 0. The fourth-order valence-electron chi connectivity index (χ4n) is 6.54. The first-order valence-corrected chi connectivity index (χ1v) is 16.8. The quantitative estimate of drug-likeness (QED) is 0.218. The van der Waals surface area contributed by atoms with E-state index in [2.05, 4.69) is 5.32 Å². The lowest BCUT2D eigenvalue weighted by Crippen LogP contribution is -2.55. The molecule has 2 amide bonds. The number of nitrogens with zero attached hydrogens (tertiary/aromatic N) is 3. The number of carboxylic acids is 1. The third-order valence-corrected chi connectivity index (χ3v) is 10.5. The summed E-state index contributed by atoms with van der Waals surface area (Å²) in [6.07, 6.45) is 1.34. The Bertz CT molecular complexity index is 1680. The average molecular weight is 649 g/mol. The second kappa shape index (κ2) is 14.2. The van der Waals surface area contributed by atoms with E-state index in [1.54, 1.807) is 30.3 Å². The van der Waals surface area contributed by atoms with Crippen molar-refractivity contribution in [3.05, 3.63) is 112 Å². The van der Waals surface area contributed by atoms with E-state index >= 15 is 0 Å². The Morgan fingerprint density at radius 2 is 1.54 bits per heavy atom. The largest absolute Gasteiger partial charge is 0.481 e. The normalized spacial score (nSPS) is 18.6. The average Bonchev–Trinajstić information content (AvgIpc) is 3.73. The number of hydrogen-bond donors (Lipinski definition) is 2. The van der Waals surface area contributed by atoms with Crippen LogP contribution in [0.1, 0.15) is 60.8 Å². The summed E-state index contributed by atoms with van der Waals surface area (Å²) in [7, 11) is -4.15. The van der Waals surface area contributed by atoms with Gasteiger partial charge in [0.15, 0.2) is 6.17 Å². The highest BCUT2D eigenvalue weighted by atomic mass is 32.2. The van der Waals surface area contributed by atoms with E-state index in [9.17, 15) is 38.0 Å². The van der Waals surface area contributed by atoms with E-state index in [0.29, 0.717) is 5.56 Å². The summed E-state index contributed by atoms with van der Waals surface area (Å²) in [5.74, 6) is -3.54. The van der Waals surface area contributed by atoms with Gasteiger partial charge in [-0.3, -0.25) is 24.5 Å². The van der Waals surface area contributed by atoms with Crippen LogP contribution in [0, 0.1) is 16.0 Å². The number of sulfonamides is 1. The van der Waals surface area contributed by atoms with Crippen molar-refractivity contribution in [2.45, 2.75) is 56.0 Å². The van der Waals surface area contributed by atoms with Gasteiger partial charge in [-0.2, -0.15) is 4.31 Å². The highest BCUT2D eigenvalue weighted by molar-refractivity contribution is 7.88. The Labute approximate surface area is 267 Å². The van der Waals surface area contributed by atoms with Crippen LogP contribution in [-0.2, 0) is 30.2 Å². The number of aliphatic carboxylic acids is 1. The zero-order valence-corrected chi connectivity index (χ0v) is 25.9. The summed E-state index contributed by atoms with van der Waals surface area (Å²) < 4.78 is 28.8. The van der Waals surface area contributed by atoms with Crippen LogP contribution in [0.4, 0.5) is 5.69 Å². The molecule has 2 N–H and O–H groups in total. The van der Waals surface area contributed by atoms with E-state index < -0.39 is 57.1 Å². The first-order valence-electron chi connectivity index (χ1n) is 15.2. The maximum Gasteiger partial charge on any atom is 0.305 e. The number of nitro benzene ring substituents is 1. The van der Waals surface area contributed by atoms with E-state index in [-0.39, 0.29) is 36.2 Å². The number of rotatable bonds is 12. The highest BCUT2D eigenvalue weighted by Gasteiger charge is 2.49. The molecule has 2 fully saturated rings. The third kappa shape index (κ3) is 7.43. The number of hydrogen-bond acceptors (Lipinski definition) is 7. The number of nitrogens with one attached hydrogen (secondary N) is 1. The van der Waals surface area contributed by atoms with E-state index in [1.165, 1.54) is 29.2 Å². The number of carboxylic acid groups (broad SMARTS) is 1. The number of non-ortho nitro benzene ring substituents is 1. The predicted octanol–water partition coefficient (Wildman–Crippen LogP) is 4.20. The van der Waals surface area contributed by atoms with E-state index in [1.807, 2.05) is 30.3 Å². The van der Waals surface area contributed by atoms with E-state index in [0.717, 1.165) is 35.6 Å². The van der Waals surface area contributed by atoms with Crippen molar-refractivity contribution >= 4 is 33.5 Å². The standard InChI is InChI=1S/C33H36N4O8S/c38-29(39)21-28(26-16-9-17-27(20-26)37(42)43)34-31(40)32-35(18-19-36(32)46(44,45)22-23-10-3-1-4-11-23)33(41)30(25-14-7-8-15-25)24-12-5-2-6-13-24/h1-6,9-13,16-17,20,25,28,30,32H,7-8,14-15,18-19,21-22H2,(H,34,40)(H,38,39). The molecular weight excluding hydrogens is 612 g/mol. The van der Waals surface area contributed by atoms with Crippen molar-refractivity contribution < 1.29 is 32.8 Å². The smallest absolute Gasteiger partial charge is 0.305 e. The second-order valence-corrected chi connectivity index (χ2v) is 13.6. The number of benzene rings is 3. The van der Waals surface area contributed by atoms with Gasteiger partial charge in [-0.25, -0.2) is 8.42 Å². The monoisotopic (exact) mass is 648 g/mol. The van der Waals surface area contributed by atoms with Crippen LogP contribution in [0.3, 0.4) is 0 Å². The molecule has 1 aliphatic heterocycles. The first-order chi connectivity index (χ1) is 22.0. The summed E-state index contributed by atoms with van der Waals surface area (Å²) in [5, 5.41) is 23.7. The van der Waals surface area contributed by atoms with Gasteiger partial charge < -0.3 is 15.3 Å². The Hall–Kier alpha value is -4.62. The zero-order valence-electron chi connectivity index (χ0n) is 25.1. The molecular formula is C33H36N4O8S. The number of carbonyl (C=O) groups is 3. The molecule has 0 radical (unpaired) electrons. The number of nitro groups is 1. The Morgan fingerprint density at radius 3 is 2.17 bits per heavy atom. The van der Waals surface area contributed by atoms with Gasteiger partial charge in [0.25, 0.3) is 11.6 Å². The molecule has 1 saturated heterocycles. The molecule has 1 saturated carbocycles. The van der Waals surface area contributed by atoms with Gasteiger partial charge in [0.05, 0.1) is 29.1 Å². The molecule has 3 aromatic carbocycles. The lowest BCUT2D eigenvalue weighted by molar-refractivity contribution is -0.384. The van der Waals surface area contributed by atoms with Crippen LogP contribution < -0.4 is 5.32 Å². The van der Waals surface area contributed by atoms with Crippen molar-refractivity contribution in [2.24, 2.45) is 5.92 Å². The molecule has 0 aromatic heterocycles. The lowest BCUT2D eigenvalue weighted by Gasteiger charge is -2.34. The fraction of sp³-hybridized carbons (Fsp3) is 0.364. The molecule has 46 heavy (non-hydrogen) atoms. The minimum absolute atomic E-state index is 0.0122. The SMILES string of the molecule is O=C(O)CC(NC(=O)C1N(C(=O)C(c2ccccc2)C2CCCC2)CCN1S(=O)(=O)Cc1ccccc1)c1cccc([N+](=O)[O-])c1. The molecule has 242 valence electrons. The van der Waals surface area contributed by atoms with Crippen molar-refractivity contribution in [3.8, 4) is 0 Å². The number of carbonyl (C=O) groups excluding carboxylic acids is 2. The van der Waals surface area contributed by atoms with Gasteiger partial charge in [-0.1, -0.05) is 85.6 Å². The van der Waals surface area contributed by atoms with E-state index in [4.69, 9.17) is 0 Å². The maximum absolute atomic E-state index is 14.5. The first kappa shape index (κ1) is 32.8. The van der Waals surface area contributed by atoms with Gasteiger partial charge in [0, 0.05) is 25.2 Å². The van der Waals surface area contributed by atoms with Crippen LogP contribution in [0.2, 0.25) is 0 Å². The fourth-order valence-corrected chi connectivity index (χ4v) is 8.20. The second-order valence-electron chi connectivity index (χ2n) is 11.7. The van der Waals surface area contributed by atoms with Crippen LogP contribution in [0.5, 0.6) is 0 Å². The van der Waals surface area contributed by atoms with Crippen molar-refractivity contribution in [1.82, 2.24) is 14.5 Å². The van der Waals surface area contributed by atoms with Crippen molar-refractivity contribution in [1.29, 1.82) is 0 Å². The maximum atomic E-state index is 14.5. The molecule has 13 heteroatoms. The molecule has 3 aromatic rings. The van der Waals surface area contributed by atoms with Gasteiger partial charge >= 0.3 is 5.97 Å². The summed E-state index contributed by atoms with van der Waals surface area (Å²) in [4.78, 5) is 52.6.